The second-order valence-corrected chi connectivity index (χ2v) is 8.21. The van der Waals surface area contributed by atoms with Gasteiger partial charge in [-0.3, -0.25) is 0 Å². The molecule has 0 heterocycles. The van der Waals surface area contributed by atoms with Crippen LogP contribution >= 0.6 is 31.9 Å². The van der Waals surface area contributed by atoms with Gasteiger partial charge in [-0.05, 0) is 35.4 Å². The highest BCUT2D eigenvalue weighted by Gasteiger charge is 2.23. The molecular formula is C21H26Br2O4. The van der Waals surface area contributed by atoms with Crippen LogP contribution in [-0.4, -0.2) is 46.3 Å². The molecule has 2 N–H and O–H groups in total. The average molecular weight is 502 g/mol. The molecule has 0 aliphatic carbocycles. The van der Waals surface area contributed by atoms with Gasteiger partial charge in [0.2, 0.25) is 0 Å². The van der Waals surface area contributed by atoms with Gasteiger partial charge in [0.15, 0.2) is 0 Å². The molecule has 0 aliphatic heterocycles. The third-order valence-corrected chi connectivity index (χ3v) is 5.89. The molecule has 2 unspecified atom stereocenters. The van der Waals surface area contributed by atoms with Crippen molar-refractivity contribution < 1.29 is 19.7 Å². The Morgan fingerprint density at radius 3 is 1.37 bits per heavy atom. The largest absolute Gasteiger partial charge is 0.491 e. The van der Waals surface area contributed by atoms with Gasteiger partial charge in [-0.2, -0.15) is 0 Å². The Bertz CT molecular complexity index is 627. The van der Waals surface area contributed by atoms with Crippen LogP contribution in [0.5, 0.6) is 11.5 Å². The molecule has 2 aromatic carbocycles. The molecule has 0 bridgehead atoms. The highest BCUT2D eigenvalue weighted by molar-refractivity contribution is 9.09. The van der Waals surface area contributed by atoms with Crippen molar-refractivity contribution in [1.82, 2.24) is 0 Å². The fourth-order valence-electron chi connectivity index (χ4n) is 2.58. The summed E-state index contributed by atoms with van der Waals surface area (Å²) < 4.78 is 11.2. The summed E-state index contributed by atoms with van der Waals surface area (Å²) in [6.07, 6.45) is -1.03. The number of hydrogen-bond donors (Lipinski definition) is 2. The van der Waals surface area contributed by atoms with Crippen molar-refractivity contribution in [2.45, 2.75) is 31.5 Å². The number of benzene rings is 2. The van der Waals surface area contributed by atoms with Crippen molar-refractivity contribution in [3.05, 3.63) is 59.7 Å². The molecule has 0 spiro atoms. The first-order chi connectivity index (χ1) is 12.9. The predicted octanol–water partition coefficient (Wildman–Crippen LogP) is 4.28. The Morgan fingerprint density at radius 2 is 1.07 bits per heavy atom. The zero-order valence-corrected chi connectivity index (χ0v) is 18.7. The van der Waals surface area contributed by atoms with E-state index in [1.807, 2.05) is 48.5 Å². The predicted molar refractivity (Wildman–Crippen MR) is 116 cm³/mol. The van der Waals surface area contributed by atoms with Crippen LogP contribution in [0.3, 0.4) is 0 Å². The van der Waals surface area contributed by atoms with Gasteiger partial charge in [0, 0.05) is 16.1 Å². The summed E-state index contributed by atoms with van der Waals surface area (Å²) in [6.45, 7) is 4.86. The molecule has 0 fully saturated rings. The Kier molecular flexibility index (Phi) is 8.61. The quantitative estimate of drug-likeness (QED) is 0.477. The van der Waals surface area contributed by atoms with Gasteiger partial charge >= 0.3 is 0 Å². The highest BCUT2D eigenvalue weighted by atomic mass is 79.9. The minimum atomic E-state index is -0.516. The first-order valence-electron chi connectivity index (χ1n) is 8.81. The number of rotatable bonds is 10. The molecule has 0 aromatic heterocycles. The van der Waals surface area contributed by atoms with E-state index >= 15 is 0 Å². The van der Waals surface area contributed by atoms with Crippen LogP contribution in [0.4, 0.5) is 0 Å². The summed E-state index contributed by atoms with van der Waals surface area (Å²) in [6, 6.07) is 15.9. The fourth-order valence-corrected chi connectivity index (χ4v) is 2.95. The van der Waals surface area contributed by atoms with Crippen molar-refractivity contribution >= 4 is 31.9 Å². The van der Waals surface area contributed by atoms with E-state index < -0.39 is 12.2 Å². The van der Waals surface area contributed by atoms with Gasteiger partial charge in [0.1, 0.15) is 24.7 Å². The Balaban J connectivity index is 2.04. The third-order valence-electron chi connectivity index (χ3n) is 4.39. The summed E-state index contributed by atoms with van der Waals surface area (Å²) in [5, 5.41) is 20.1. The Morgan fingerprint density at radius 1 is 0.741 bits per heavy atom. The molecule has 27 heavy (non-hydrogen) atoms. The summed E-state index contributed by atoms with van der Waals surface area (Å²) in [5.74, 6) is 1.48. The van der Waals surface area contributed by atoms with Gasteiger partial charge < -0.3 is 19.7 Å². The van der Waals surface area contributed by atoms with Crippen molar-refractivity contribution in [2.24, 2.45) is 0 Å². The number of aliphatic hydroxyl groups excluding tert-OH is 2. The molecule has 2 rings (SSSR count). The first-order valence-corrected chi connectivity index (χ1v) is 11.1. The van der Waals surface area contributed by atoms with E-state index in [0.717, 1.165) is 11.5 Å². The standard InChI is InChI=1S/C21H26Br2O4/c1-21(2,15-3-7-19(8-4-15)26-13-17(24)11-22)16-5-9-20(10-6-16)27-14-18(25)12-23/h3-10,17-18,24-25H,11-14H2,1-2H3. The first kappa shape index (κ1) is 22.2. The molecule has 0 saturated carbocycles. The van der Waals surface area contributed by atoms with E-state index in [9.17, 15) is 10.2 Å². The van der Waals surface area contributed by atoms with Gasteiger partial charge in [0.25, 0.3) is 0 Å². The van der Waals surface area contributed by atoms with Crippen molar-refractivity contribution in [2.75, 3.05) is 23.9 Å². The van der Waals surface area contributed by atoms with Gasteiger partial charge in [0.05, 0.1) is 12.2 Å². The minimum absolute atomic E-state index is 0.179. The topological polar surface area (TPSA) is 58.9 Å². The summed E-state index contributed by atoms with van der Waals surface area (Å²) in [4.78, 5) is 0. The van der Waals surface area contributed by atoms with Crippen LogP contribution in [0.25, 0.3) is 0 Å². The number of ether oxygens (including phenoxy) is 2. The molecule has 2 atom stereocenters. The molecule has 2 aromatic rings. The lowest BCUT2D eigenvalue weighted by atomic mass is 9.78. The van der Waals surface area contributed by atoms with Gasteiger partial charge in [-0.25, -0.2) is 0 Å². The smallest absolute Gasteiger partial charge is 0.119 e. The van der Waals surface area contributed by atoms with E-state index in [1.165, 1.54) is 11.1 Å². The molecule has 0 aliphatic rings. The Labute approximate surface area is 177 Å². The fraction of sp³-hybridized carbons (Fsp3) is 0.429. The lowest BCUT2D eigenvalue weighted by molar-refractivity contribution is 0.127. The van der Waals surface area contributed by atoms with E-state index in [-0.39, 0.29) is 18.6 Å². The minimum Gasteiger partial charge on any atom is -0.491 e. The second-order valence-electron chi connectivity index (χ2n) is 6.91. The van der Waals surface area contributed by atoms with Crippen LogP contribution in [0.2, 0.25) is 0 Å². The highest BCUT2D eigenvalue weighted by Crippen LogP contribution is 2.33. The number of aliphatic hydroxyl groups is 2. The van der Waals surface area contributed by atoms with Crippen LogP contribution in [0.1, 0.15) is 25.0 Å². The normalized spacial score (nSPS) is 13.9. The molecular weight excluding hydrogens is 476 g/mol. The van der Waals surface area contributed by atoms with Crippen LogP contribution in [-0.2, 0) is 5.41 Å². The van der Waals surface area contributed by atoms with Gasteiger partial charge in [-0.1, -0.05) is 70.0 Å². The lowest BCUT2D eigenvalue weighted by Gasteiger charge is -2.26. The van der Waals surface area contributed by atoms with Crippen molar-refractivity contribution in [1.29, 1.82) is 0 Å². The maximum absolute atomic E-state index is 9.56. The molecule has 148 valence electrons. The average Bonchev–Trinajstić information content (AvgIpc) is 2.70. The van der Waals surface area contributed by atoms with E-state index in [0.29, 0.717) is 10.7 Å². The second kappa shape index (κ2) is 10.5. The van der Waals surface area contributed by atoms with Crippen molar-refractivity contribution in [3.8, 4) is 11.5 Å². The number of hydrogen-bond acceptors (Lipinski definition) is 4. The maximum Gasteiger partial charge on any atom is 0.119 e. The number of alkyl halides is 2. The maximum atomic E-state index is 9.56. The Hall–Kier alpha value is -1.08. The molecule has 0 amide bonds. The number of halogens is 2. The van der Waals surface area contributed by atoms with Crippen LogP contribution < -0.4 is 9.47 Å². The third kappa shape index (κ3) is 6.49. The van der Waals surface area contributed by atoms with E-state index in [2.05, 4.69) is 45.7 Å². The summed E-state index contributed by atoms with van der Waals surface area (Å²) in [5.41, 5.74) is 2.15. The molecule has 4 nitrogen and oxygen atoms in total. The van der Waals surface area contributed by atoms with E-state index in [4.69, 9.17) is 9.47 Å². The summed E-state index contributed by atoms with van der Waals surface area (Å²) >= 11 is 6.45. The van der Waals surface area contributed by atoms with Crippen LogP contribution in [0, 0.1) is 0 Å². The lowest BCUT2D eigenvalue weighted by Crippen LogP contribution is -2.20. The molecule has 0 saturated heterocycles. The molecule has 6 heteroatoms. The summed E-state index contributed by atoms with van der Waals surface area (Å²) in [7, 11) is 0. The van der Waals surface area contributed by atoms with Crippen LogP contribution in [0.15, 0.2) is 48.5 Å². The SMILES string of the molecule is CC(C)(c1ccc(OCC(O)CBr)cc1)c1ccc(OCC(O)CBr)cc1. The zero-order chi connectivity index (χ0) is 19.9. The molecule has 0 radical (unpaired) electrons. The van der Waals surface area contributed by atoms with E-state index in [1.54, 1.807) is 0 Å². The monoisotopic (exact) mass is 500 g/mol. The zero-order valence-electron chi connectivity index (χ0n) is 15.6. The van der Waals surface area contributed by atoms with Gasteiger partial charge in [-0.15, -0.1) is 0 Å². The van der Waals surface area contributed by atoms with Crippen molar-refractivity contribution in [3.63, 3.8) is 0 Å².